The molecule has 1 aliphatic rings. The molecule has 1 fully saturated rings. The van der Waals surface area contributed by atoms with Gasteiger partial charge in [0.05, 0.1) is 12.0 Å². The average molecular weight is 371 g/mol. The minimum atomic E-state index is -0.706. The highest BCUT2D eigenvalue weighted by Gasteiger charge is 2.41. The number of benzene rings is 2. The van der Waals surface area contributed by atoms with E-state index in [0.29, 0.717) is 32.7 Å². The Morgan fingerprint density at radius 2 is 1.78 bits per heavy atom. The predicted molar refractivity (Wildman–Crippen MR) is 104 cm³/mol. The normalized spacial score (nSPS) is 15.9. The van der Waals surface area contributed by atoms with Gasteiger partial charge < -0.3 is 14.8 Å². The van der Waals surface area contributed by atoms with Gasteiger partial charge >= 0.3 is 0 Å². The van der Waals surface area contributed by atoms with Gasteiger partial charge in [0.25, 0.3) is 0 Å². The molecule has 2 aromatic carbocycles. The van der Waals surface area contributed by atoms with Crippen LogP contribution in [0.5, 0.6) is 5.75 Å². The van der Waals surface area contributed by atoms with Crippen LogP contribution in [0, 0.1) is 5.82 Å². The Balaban J connectivity index is 1.74. The summed E-state index contributed by atoms with van der Waals surface area (Å²) in [5.41, 5.74) is 0.836. The number of rotatable bonds is 7. The van der Waals surface area contributed by atoms with Crippen molar-refractivity contribution >= 4 is 11.6 Å². The second kappa shape index (κ2) is 9.00. The van der Waals surface area contributed by atoms with Gasteiger partial charge in [0.2, 0.25) is 5.91 Å². The predicted octanol–water partition coefficient (Wildman–Crippen LogP) is 4.69. The van der Waals surface area contributed by atoms with Crippen molar-refractivity contribution in [2.24, 2.45) is 0 Å². The van der Waals surface area contributed by atoms with Crippen LogP contribution in [0.2, 0.25) is 0 Å². The first-order chi connectivity index (χ1) is 13.1. The number of ether oxygens (including phenoxy) is 2. The molecule has 1 amide bonds. The summed E-state index contributed by atoms with van der Waals surface area (Å²) in [7, 11) is 0. The Morgan fingerprint density at radius 3 is 2.41 bits per heavy atom. The van der Waals surface area contributed by atoms with E-state index in [4.69, 9.17) is 9.47 Å². The summed E-state index contributed by atoms with van der Waals surface area (Å²) < 4.78 is 24.5. The number of halogens is 1. The average Bonchev–Trinajstić information content (AvgIpc) is 2.70. The van der Waals surface area contributed by atoms with Gasteiger partial charge in [-0.1, -0.05) is 25.5 Å². The number of nitrogens with one attached hydrogen (secondary N) is 1. The van der Waals surface area contributed by atoms with Gasteiger partial charge in [-0.2, -0.15) is 0 Å². The van der Waals surface area contributed by atoms with Gasteiger partial charge in [-0.05, 0) is 61.2 Å². The summed E-state index contributed by atoms with van der Waals surface area (Å²) in [5.74, 6) is 0.401. The maximum atomic E-state index is 13.3. The van der Waals surface area contributed by atoms with E-state index in [1.807, 2.05) is 24.3 Å². The molecule has 3 rings (SSSR count). The van der Waals surface area contributed by atoms with E-state index in [9.17, 15) is 9.18 Å². The zero-order chi connectivity index (χ0) is 19.1. The van der Waals surface area contributed by atoms with E-state index in [1.54, 1.807) is 12.1 Å². The Morgan fingerprint density at radius 1 is 1.11 bits per heavy atom. The number of anilines is 1. The molecule has 1 heterocycles. The van der Waals surface area contributed by atoms with Crippen molar-refractivity contribution < 1.29 is 18.7 Å². The molecule has 0 saturated carbocycles. The van der Waals surface area contributed by atoms with Gasteiger partial charge in [-0.25, -0.2) is 4.39 Å². The number of unbranched alkanes of at least 4 members (excludes halogenated alkanes) is 1. The second-order valence-electron chi connectivity index (χ2n) is 6.88. The van der Waals surface area contributed by atoms with Crippen LogP contribution in [-0.2, 0) is 14.9 Å². The number of amides is 1. The van der Waals surface area contributed by atoms with Gasteiger partial charge in [-0.3, -0.25) is 4.79 Å². The van der Waals surface area contributed by atoms with Crippen LogP contribution in [0.1, 0.15) is 38.2 Å². The first kappa shape index (κ1) is 19.4. The quantitative estimate of drug-likeness (QED) is 0.718. The van der Waals surface area contributed by atoms with Crippen molar-refractivity contribution in [1.29, 1.82) is 0 Å². The van der Waals surface area contributed by atoms with E-state index in [0.717, 1.165) is 29.8 Å². The lowest BCUT2D eigenvalue weighted by atomic mass is 9.73. The molecule has 0 unspecified atom stereocenters. The maximum absolute atomic E-state index is 13.3. The zero-order valence-corrected chi connectivity index (χ0v) is 15.7. The summed E-state index contributed by atoms with van der Waals surface area (Å²) in [6, 6.07) is 13.6. The van der Waals surface area contributed by atoms with Crippen LogP contribution in [-0.4, -0.2) is 25.7 Å². The summed E-state index contributed by atoms with van der Waals surface area (Å²) in [6.07, 6.45) is 3.25. The number of carbonyl (C=O) groups is 1. The summed E-state index contributed by atoms with van der Waals surface area (Å²) >= 11 is 0. The fourth-order valence-corrected chi connectivity index (χ4v) is 3.36. The largest absolute Gasteiger partial charge is 0.494 e. The lowest BCUT2D eigenvalue weighted by molar-refractivity contribution is -0.125. The highest BCUT2D eigenvalue weighted by atomic mass is 19.1. The molecule has 27 heavy (non-hydrogen) atoms. The molecule has 0 radical (unpaired) electrons. The lowest BCUT2D eigenvalue weighted by Gasteiger charge is -2.36. The molecule has 0 atom stereocenters. The van der Waals surface area contributed by atoms with Crippen molar-refractivity contribution in [3.63, 3.8) is 0 Å². The highest BCUT2D eigenvalue weighted by molar-refractivity contribution is 5.99. The molecular weight excluding hydrogens is 345 g/mol. The molecule has 144 valence electrons. The fourth-order valence-electron chi connectivity index (χ4n) is 3.36. The van der Waals surface area contributed by atoms with Crippen LogP contribution in [0.15, 0.2) is 48.5 Å². The molecule has 1 aliphatic heterocycles. The van der Waals surface area contributed by atoms with Crippen LogP contribution in [0.25, 0.3) is 0 Å². The van der Waals surface area contributed by atoms with Crippen molar-refractivity contribution in [3.05, 3.63) is 59.9 Å². The topological polar surface area (TPSA) is 47.6 Å². The highest BCUT2D eigenvalue weighted by Crippen LogP contribution is 2.36. The molecule has 0 aromatic heterocycles. The van der Waals surface area contributed by atoms with E-state index in [1.165, 1.54) is 12.1 Å². The van der Waals surface area contributed by atoms with Crippen molar-refractivity contribution in [3.8, 4) is 5.75 Å². The lowest BCUT2D eigenvalue weighted by Crippen LogP contribution is -2.44. The molecule has 5 heteroatoms. The van der Waals surface area contributed by atoms with E-state index >= 15 is 0 Å². The first-order valence-electron chi connectivity index (χ1n) is 9.52. The standard InChI is InChI=1S/C22H26FNO3/c1-2-3-14-27-20-10-8-19(9-11-20)24-21(25)22(12-15-26-16-13-22)17-4-6-18(23)7-5-17/h4-11H,2-3,12-16H2,1H3,(H,24,25). The van der Waals surface area contributed by atoms with Crippen LogP contribution in [0.4, 0.5) is 10.1 Å². The Bertz CT molecular complexity index is 737. The summed E-state index contributed by atoms with van der Waals surface area (Å²) in [6.45, 7) is 3.83. The first-order valence-corrected chi connectivity index (χ1v) is 9.52. The van der Waals surface area contributed by atoms with Crippen LogP contribution in [0.3, 0.4) is 0 Å². The number of hydrogen-bond acceptors (Lipinski definition) is 3. The Kier molecular flexibility index (Phi) is 6.45. The van der Waals surface area contributed by atoms with E-state index < -0.39 is 5.41 Å². The van der Waals surface area contributed by atoms with Crippen molar-refractivity contribution in [2.45, 2.75) is 38.0 Å². The molecule has 1 saturated heterocycles. The fraction of sp³-hybridized carbons (Fsp3) is 0.409. The zero-order valence-electron chi connectivity index (χ0n) is 15.7. The monoisotopic (exact) mass is 371 g/mol. The molecular formula is C22H26FNO3. The van der Waals surface area contributed by atoms with Gasteiger partial charge in [0.15, 0.2) is 0 Å². The third-order valence-electron chi connectivity index (χ3n) is 5.06. The Hall–Kier alpha value is -2.40. The smallest absolute Gasteiger partial charge is 0.235 e. The van der Waals surface area contributed by atoms with Gasteiger partial charge in [0, 0.05) is 18.9 Å². The van der Waals surface area contributed by atoms with Crippen molar-refractivity contribution in [1.82, 2.24) is 0 Å². The molecule has 0 bridgehead atoms. The minimum Gasteiger partial charge on any atom is -0.494 e. The molecule has 1 N–H and O–H groups in total. The summed E-state index contributed by atoms with van der Waals surface area (Å²) in [4.78, 5) is 13.2. The SMILES string of the molecule is CCCCOc1ccc(NC(=O)C2(c3ccc(F)cc3)CCOCC2)cc1. The third-order valence-corrected chi connectivity index (χ3v) is 5.06. The van der Waals surface area contributed by atoms with Gasteiger partial charge in [-0.15, -0.1) is 0 Å². The second-order valence-corrected chi connectivity index (χ2v) is 6.88. The molecule has 4 nitrogen and oxygen atoms in total. The molecule has 0 spiro atoms. The number of hydrogen-bond donors (Lipinski definition) is 1. The van der Waals surface area contributed by atoms with E-state index in [-0.39, 0.29) is 11.7 Å². The summed E-state index contributed by atoms with van der Waals surface area (Å²) in [5, 5.41) is 3.02. The van der Waals surface area contributed by atoms with Crippen molar-refractivity contribution in [2.75, 3.05) is 25.1 Å². The van der Waals surface area contributed by atoms with Crippen LogP contribution < -0.4 is 10.1 Å². The molecule has 0 aliphatic carbocycles. The Labute approximate surface area is 159 Å². The van der Waals surface area contributed by atoms with E-state index in [2.05, 4.69) is 12.2 Å². The minimum absolute atomic E-state index is 0.0861. The number of carbonyl (C=O) groups excluding carboxylic acids is 1. The van der Waals surface area contributed by atoms with Crippen LogP contribution >= 0.6 is 0 Å². The third kappa shape index (κ3) is 4.66. The molecule has 2 aromatic rings. The maximum Gasteiger partial charge on any atom is 0.235 e. The van der Waals surface area contributed by atoms with Gasteiger partial charge in [0.1, 0.15) is 11.6 Å².